The molecular weight excluding hydrogens is 180 g/mol. The zero-order chi connectivity index (χ0) is 10.0. The molecule has 0 spiro atoms. The summed E-state index contributed by atoms with van der Waals surface area (Å²) in [5.74, 6) is 0. The molecule has 5 heteroatoms. The number of hydrogen-bond acceptors (Lipinski definition) is 2. The predicted molar refractivity (Wildman–Crippen MR) is 42.1 cm³/mol. The van der Waals surface area contributed by atoms with E-state index in [0.29, 0.717) is 5.69 Å². The highest BCUT2D eigenvalue weighted by atomic mass is 19.3. The van der Waals surface area contributed by atoms with Gasteiger partial charge in [0, 0.05) is 11.8 Å². The molecule has 0 aliphatic rings. The molecule has 1 aromatic rings. The highest BCUT2D eigenvalue weighted by Gasteiger charge is 2.17. The van der Waals surface area contributed by atoms with Crippen molar-refractivity contribution in [3.8, 4) is 0 Å². The van der Waals surface area contributed by atoms with Crippen LogP contribution in [0.1, 0.15) is 28.2 Å². The van der Waals surface area contributed by atoms with E-state index in [1.165, 1.54) is 6.92 Å². The fraction of sp³-hybridized carbons (Fsp3) is 0.250. The first-order valence-corrected chi connectivity index (χ1v) is 3.53. The van der Waals surface area contributed by atoms with Crippen molar-refractivity contribution in [2.75, 3.05) is 0 Å². The summed E-state index contributed by atoms with van der Waals surface area (Å²) in [4.78, 5) is 23.7. The van der Waals surface area contributed by atoms with Crippen LogP contribution < -0.4 is 5.43 Å². The minimum Gasteiger partial charge on any atom is -0.356 e. The number of aldehydes is 1. The zero-order valence-electron chi connectivity index (χ0n) is 6.80. The van der Waals surface area contributed by atoms with Gasteiger partial charge >= 0.3 is 0 Å². The highest BCUT2D eigenvalue weighted by Crippen LogP contribution is 2.16. The normalized spacial score (nSPS) is 10.5. The summed E-state index contributed by atoms with van der Waals surface area (Å²) in [5, 5.41) is 0. The van der Waals surface area contributed by atoms with Gasteiger partial charge in [0.15, 0.2) is 11.7 Å². The number of rotatable bonds is 2. The van der Waals surface area contributed by atoms with Gasteiger partial charge in [0.2, 0.25) is 0 Å². The van der Waals surface area contributed by atoms with Crippen molar-refractivity contribution in [3.05, 3.63) is 33.2 Å². The van der Waals surface area contributed by atoms with Crippen molar-refractivity contribution in [2.24, 2.45) is 0 Å². The van der Waals surface area contributed by atoms with Gasteiger partial charge in [0.05, 0.1) is 11.3 Å². The van der Waals surface area contributed by atoms with Crippen molar-refractivity contribution in [1.29, 1.82) is 0 Å². The number of alkyl halides is 2. The molecule has 0 saturated heterocycles. The molecule has 0 aliphatic carbocycles. The monoisotopic (exact) mass is 187 g/mol. The molecule has 0 atom stereocenters. The van der Waals surface area contributed by atoms with E-state index in [4.69, 9.17) is 0 Å². The molecule has 1 rings (SSSR count). The van der Waals surface area contributed by atoms with Crippen LogP contribution in [-0.2, 0) is 0 Å². The standard InChI is InChI=1S/C8H7F2NO2/c1-4-2-6(13)7(8(9)10)5(3-12)11-4/h2-3,8H,1H3,(H,11,13). The number of hydrogen-bond donors (Lipinski definition) is 1. The summed E-state index contributed by atoms with van der Waals surface area (Å²) in [7, 11) is 0. The highest BCUT2D eigenvalue weighted by molar-refractivity contribution is 5.74. The Balaban J connectivity index is 3.47. The molecule has 1 aromatic heterocycles. The molecule has 0 unspecified atom stereocenters. The Hall–Kier alpha value is -1.52. The van der Waals surface area contributed by atoms with E-state index in [1.807, 2.05) is 0 Å². The van der Waals surface area contributed by atoms with Crippen LogP contribution in [0.25, 0.3) is 0 Å². The number of nitrogens with one attached hydrogen (secondary N) is 1. The van der Waals surface area contributed by atoms with Gasteiger partial charge in [-0.2, -0.15) is 0 Å². The molecule has 13 heavy (non-hydrogen) atoms. The summed E-state index contributed by atoms with van der Waals surface area (Å²) < 4.78 is 24.5. The average Bonchev–Trinajstić information content (AvgIpc) is 2.01. The molecule has 0 saturated carbocycles. The lowest BCUT2D eigenvalue weighted by atomic mass is 10.2. The van der Waals surface area contributed by atoms with Gasteiger partial charge < -0.3 is 4.98 Å². The summed E-state index contributed by atoms with van der Waals surface area (Å²) in [5.41, 5.74) is -1.54. The molecule has 70 valence electrons. The fourth-order valence-corrected chi connectivity index (χ4v) is 1.04. The van der Waals surface area contributed by atoms with Crippen LogP contribution in [0, 0.1) is 6.92 Å². The molecular formula is C8H7F2NO2. The molecule has 0 aromatic carbocycles. The second kappa shape index (κ2) is 3.47. The van der Waals surface area contributed by atoms with Crippen molar-refractivity contribution in [2.45, 2.75) is 13.3 Å². The minimum absolute atomic E-state index is 0.218. The number of carbonyl (C=O) groups excluding carboxylic acids is 1. The topological polar surface area (TPSA) is 49.9 Å². The third-order valence-electron chi connectivity index (χ3n) is 1.57. The fourth-order valence-electron chi connectivity index (χ4n) is 1.04. The zero-order valence-corrected chi connectivity index (χ0v) is 6.80. The first-order valence-electron chi connectivity index (χ1n) is 3.53. The van der Waals surface area contributed by atoms with E-state index in [1.54, 1.807) is 0 Å². The Morgan fingerprint density at radius 1 is 1.54 bits per heavy atom. The maximum atomic E-state index is 12.2. The maximum Gasteiger partial charge on any atom is 0.269 e. The Morgan fingerprint density at radius 3 is 2.62 bits per heavy atom. The molecule has 0 fully saturated rings. The number of pyridine rings is 1. The van der Waals surface area contributed by atoms with Crippen molar-refractivity contribution < 1.29 is 13.6 Å². The molecule has 1 heterocycles. The van der Waals surface area contributed by atoms with E-state index in [-0.39, 0.29) is 12.0 Å². The van der Waals surface area contributed by atoms with Crippen LogP contribution in [0.5, 0.6) is 0 Å². The first kappa shape index (κ1) is 9.57. The lowest BCUT2D eigenvalue weighted by molar-refractivity contribution is 0.110. The number of H-pyrrole nitrogens is 1. The molecule has 0 aliphatic heterocycles. The minimum atomic E-state index is -2.93. The van der Waals surface area contributed by atoms with Crippen LogP contribution in [0.4, 0.5) is 8.78 Å². The largest absolute Gasteiger partial charge is 0.356 e. The van der Waals surface area contributed by atoms with Crippen LogP contribution in [0.3, 0.4) is 0 Å². The SMILES string of the molecule is Cc1cc(=O)c(C(F)F)c(C=O)[nH]1. The summed E-state index contributed by atoms with van der Waals surface area (Å²) in [6, 6.07) is 1.04. The number of aryl methyl sites for hydroxylation is 1. The third kappa shape index (κ3) is 1.80. The van der Waals surface area contributed by atoms with Crippen molar-refractivity contribution in [3.63, 3.8) is 0 Å². The predicted octanol–water partition coefficient (Wildman–Crippen LogP) is 1.43. The number of aromatic amines is 1. The van der Waals surface area contributed by atoms with E-state index in [0.717, 1.165) is 6.07 Å². The lowest BCUT2D eigenvalue weighted by Gasteiger charge is -2.03. The lowest BCUT2D eigenvalue weighted by Crippen LogP contribution is -2.14. The second-order valence-electron chi connectivity index (χ2n) is 2.56. The third-order valence-corrected chi connectivity index (χ3v) is 1.57. The Bertz CT molecular complexity index is 384. The first-order chi connectivity index (χ1) is 6.06. The van der Waals surface area contributed by atoms with Crippen molar-refractivity contribution >= 4 is 6.29 Å². The van der Waals surface area contributed by atoms with Crippen molar-refractivity contribution in [1.82, 2.24) is 4.98 Å². The van der Waals surface area contributed by atoms with Crippen LogP contribution in [-0.4, -0.2) is 11.3 Å². The molecule has 3 nitrogen and oxygen atoms in total. The second-order valence-corrected chi connectivity index (χ2v) is 2.56. The number of carbonyl (C=O) groups is 1. The molecule has 0 amide bonds. The smallest absolute Gasteiger partial charge is 0.269 e. The summed E-state index contributed by atoms with van der Waals surface area (Å²) in [6.07, 6.45) is -2.71. The average molecular weight is 187 g/mol. The van der Waals surface area contributed by atoms with Gasteiger partial charge in [-0.05, 0) is 6.92 Å². The quantitative estimate of drug-likeness (QED) is 0.712. The molecule has 1 N–H and O–H groups in total. The van der Waals surface area contributed by atoms with Gasteiger partial charge in [-0.15, -0.1) is 0 Å². The number of halogens is 2. The van der Waals surface area contributed by atoms with E-state index in [9.17, 15) is 18.4 Å². The molecule has 0 radical (unpaired) electrons. The van der Waals surface area contributed by atoms with Crippen LogP contribution in [0.15, 0.2) is 10.9 Å². The van der Waals surface area contributed by atoms with E-state index in [2.05, 4.69) is 4.98 Å². The van der Waals surface area contributed by atoms with Crippen LogP contribution >= 0.6 is 0 Å². The van der Waals surface area contributed by atoms with Gasteiger partial charge in [-0.3, -0.25) is 9.59 Å². The van der Waals surface area contributed by atoms with E-state index >= 15 is 0 Å². The Kier molecular flexibility index (Phi) is 2.55. The van der Waals surface area contributed by atoms with Gasteiger partial charge in [-0.25, -0.2) is 8.78 Å². The maximum absolute atomic E-state index is 12.2. The summed E-state index contributed by atoms with van der Waals surface area (Å²) >= 11 is 0. The van der Waals surface area contributed by atoms with E-state index < -0.39 is 17.4 Å². The van der Waals surface area contributed by atoms with Gasteiger partial charge in [0.25, 0.3) is 6.43 Å². The molecule has 0 bridgehead atoms. The Labute approximate surface area is 72.4 Å². The van der Waals surface area contributed by atoms with Crippen LogP contribution in [0.2, 0.25) is 0 Å². The number of aromatic nitrogens is 1. The summed E-state index contributed by atoms with van der Waals surface area (Å²) in [6.45, 7) is 1.52. The van der Waals surface area contributed by atoms with Gasteiger partial charge in [-0.1, -0.05) is 0 Å². The van der Waals surface area contributed by atoms with Gasteiger partial charge in [0.1, 0.15) is 0 Å². The Morgan fingerprint density at radius 2 is 2.15 bits per heavy atom.